The molecule has 33 heavy (non-hydrogen) atoms. The molecule has 0 amide bonds. The lowest BCUT2D eigenvalue weighted by Crippen LogP contribution is -2.36. The molecule has 1 spiro atoms. The van der Waals surface area contributed by atoms with Gasteiger partial charge in [-0.25, -0.2) is 15.0 Å². The van der Waals surface area contributed by atoms with E-state index in [2.05, 4.69) is 49.1 Å². The maximum absolute atomic E-state index is 11.2. The average Bonchev–Trinajstić information content (AvgIpc) is 3.48. The van der Waals surface area contributed by atoms with Gasteiger partial charge in [-0.2, -0.15) is 11.8 Å². The summed E-state index contributed by atoms with van der Waals surface area (Å²) in [6.45, 7) is 1.96. The average molecular weight is 526 g/mol. The summed E-state index contributed by atoms with van der Waals surface area (Å²) in [5, 5.41) is 24.5. The van der Waals surface area contributed by atoms with Gasteiger partial charge in [-0.15, -0.1) is 0 Å². The number of benzene rings is 1. The van der Waals surface area contributed by atoms with Crippen LogP contribution in [0.1, 0.15) is 35.4 Å². The molecule has 1 aliphatic heterocycles. The van der Waals surface area contributed by atoms with Crippen molar-refractivity contribution in [3.63, 3.8) is 0 Å². The number of thioether (sulfide) groups is 1. The lowest BCUT2D eigenvalue weighted by atomic mass is 9.80. The minimum atomic E-state index is -0.842. The van der Waals surface area contributed by atoms with Crippen molar-refractivity contribution in [2.24, 2.45) is 5.41 Å². The van der Waals surface area contributed by atoms with E-state index in [1.807, 2.05) is 41.6 Å². The third-order valence-corrected chi connectivity index (χ3v) is 9.60. The van der Waals surface area contributed by atoms with Crippen LogP contribution in [-0.2, 0) is 0 Å². The molecule has 4 aromatic rings. The molecule has 7 nitrogen and oxygen atoms in total. The molecule has 170 valence electrons. The Hall–Kier alpha value is -2.20. The van der Waals surface area contributed by atoms with Crippen molar-refractivity contribution in [1.82, 2.24) is 19.5 Å². The van der Waals surface area contributed by atoms with E-state index in [1.165, 1.54) is 5.56 Å². The number of nitrogens with zero attached hydrogens (tertiary/aromatic N) is 4. The van der Waals surface area contributed by atoms with Crippen molar-refractivity contribution in [3.8, 4) is 0 Å². The molecule has 1 saturated carbocycles. The number of aliphatic hydroxyl groups excluding tert-OH is 2. The van der Waals surface area contributed by atoms with E-state index in [-0.39, 0.29) is 16.7 Å². The van der Waals surface area contributed by atoms with Gasteiger partial charge in [0.25, 0.3) is 0 Å². The largest absolute Gasteiger partial charge is 0.390 e. The molecule has 9 heteroatoms. The number of aliphatic hydroxyl groups is 2. The Morgan fingerprint density at radius 2 is 2.03 bits per heavy atom. The molecule has 0 bridgehead atoms. The van der Waals surface area contributed by atoms with Crippen LogP contribution in [0.2, 0.25) is 0 Å². The van der Waals surface area contributed by atoms with Crippen LogP contribution < -0.4 is 5.73 Å². The Labute approximate surface area is 203 Å². The summed E-state index contributed by atoms with van der Waals surface area (Å²) in [6.07, 6.45) is 3.40. The van der Waals surface area contributed by atoms with Gasteiger partial charge in [-0.05, 0) is 59.5 Å². The smallest absolute Gasteiger partial charge is 0.143 e. The van der Waals surface area contributed by atoms with Gasteiger partial charge in [0, 0.05) is 33.4 Å². The fourth-order valence-corrected chi connectivity index (χ4v) is 7.61. The summed E-state index contributed by atoms with van der Waals surface area (Å²) in [5.41, 5.74) is 9.41. The number of nitrogens with two attached hydrogens (primary N) is 1. The quantitative estimate of drug-likeness (QED) is 0.360. The van der Waals surface area contributed by atoms with Crippen molar-refractivity contribution < 1.29 is 10.2 Å². The standard InChI is InChI=1S/C24H24BrN5O2S/c1-12-15-4-5-30(23(15)28-11-27-12)18-8-24(21(32)20(18)31)9-19(33-10-24)14-3-2-13-6-16(25)22(26)29-17(13)7-14/h2-7,11,18-21,31-32H,8-10H2,1H3,(H2,26,29)/t18-,19-,20+,21+,24-/m1/s1. The predicted molar refractivity (Wildman–Crippen MR) is 134 cm³/mol. The van der Waals surface area contributed by atoms with Crippen molar-refractivity contribution in [2.45, 2.75) is 43.3 Å². The molecule has 2 fully saturated rings. The Morgan fingerprint density at radius 3 is 2.88 bits per heavy atom. The number of halogens is 1. The summed E-state index contributed by atoms with van der Waals surface area (Å²) >= 11 is 5.29. The first-order chi connectivity index (χ1) is 15.9. The van der Waals surface area contributed by atoms with E-state index >= 15 is 0 Å². The highest BCUT2D eigenvalue weighted by molar-refractivity contribution is 9.10. The number of hydrogen-bond donors (Lipinski definition) is 3. The highest BCUT2D eigenvalue weighted by Gasteiger charge is 2.56. The van der Waals surface area contributed by atoms with Gasteiger partial charge in [0.1, 0.15) is 23.9 Å². The Morgan fingerprint density at radius 1 is 1.18 bits per heavy atom. The molecule has 1 saturated heterocycles. The third kappa shape index (κ3) is 3.28. The normalized spacial score (nSPS) is 29.6. The fraction of sp³-hybridized carbons (Fsp3) is 0.375. The summed E-state index contributed by atoms with van der Waals surface area (Å²) in [4.78, 5) is 13.3. The van der Waals surface area contributed by atoms with Crippen LogP contribution in [0.5, 0.6) is 0 Å². The number of aromatic nitrogens is 4. The first-order valence-corrected chi connectivity index (χ1v) is 12.8. The van der Waals surface area contributed by atoms with Crippen molar-refractivity contribution in [2.75, 3.05) is 11.5 Å². The number of nitrogen functional groups attached to an aromatic ring is 1. The van der Waals surface area contributed by atoms with Crippen molar-refractivity contribution >= 4 is 55.4 Å². The minimum absolute atomic E-state index is 0.221. The zero-order valence-electron chi connectivity index (χ0n) is 18.0. The molecule has 2 aliphatic rings. The highest BCUT2D eigenvalue weighted by Crippen LogP contribution is 2.59. The van der Waals surface area contributed by atoms with Gasteiger partial charge in [0.2, 0.25) is 0 Å². The summed E-state index contributed by atoms with van der Waals surface area (Å²) < 4.78 is 2.81. The Kier molecular flexibility index (Phi) is 4.95. The monoisotopic (exact) mass is 525 g/mol. The topological polar surface area (TPSA) is 110 Å². The summed E-state index contributed by atoms with van der Waals surface area (Å²) in [7, 11) is 0. The third-order valence-electron chi connectivity index (χ3n) is 7.38. The first-order valence-electron chi connectivity index (χ1n) is 11.0. The number of rotatable bonds is 2. The van der Waals surface area contributed by atoms with Gasteiger partial charge in [0.05, 0.1) is 27.8 Å². The van der Waals surface area contributed by atoms with Crippen LogP contribution in [-0.4, -0.2) is 47.7 Å². The zero-order chi connectivity index (χ0) is 22.9. The lowest BCUT2D eigenvalue weighted by Gasteiger charge is -2.27. The van der Waals surface area contributed by atoms with Gasteiger partial charge < -0.3 is 20.5 Å². The molecule has 1 aromatic carbocycles. The number of pyridine rings is 1. The molecule has 1 aliphatic carbocycles. The molecule has 4 N–H and O–H groups in total. The number of fused-ring (bicyclic) bond motifs is 2. The second-order valence-corrected chi connectivity index (χ2v) is 11.3. The Balaban J connectivity index is 1.30. The van der Waals surface area contributed by atoms with Crippen LogP contribution >= 0.6 is 27.7 Å². The van der Waals surface area contributed by atoms with Crippen LogP contribution in [0.4, 0.5) is 5.82 Å². The molecule has 6 rings (SSSR count). The summed E-state index contributed by atoms with van der Waals surface area (Å²) in [6, 6.07) is 10.1. The molecular formula is C24H24BrN5O2S. The molecule has 0 radical (unpaired) electrons. The molecule has 3 aromatic heterocycles. The van der Waals surface area contributed by atoms with Crippen LogP contribution in [0, 0.1) is 12.3 Å². The number of hydrogen-bond acceptors (Lipinski definition) is 7. The maximum atomic E-state index is 11.2. The van der Waals surface area contributed by atoms with E-state index < -0.39 is 12.2 Å². The first kappa shape index (κ1) is 21.3. The second-order valence-electron chi connectivity index (χ2n) is 9.30. The zero-order valence-corrected chi connectivity index (χ0v) is 20.4. The van der Waals surface area contributed by atoms with Crippen molar-refractivity contribution in [1.29, 1.82) is 0 Å². The fourth-order valence-electron chi connectivity index (χ4n) is 5.55. The lowest BCUT2D eigenvalue weighted by molar-refractivity contribution is -0.0204. The highest BCUT2D eigenvalue weighted by atomic mass is 79.9. The molecular weight excluding hydrogens is 502 g/mol. The van der Waals surface area contributed by atoms with E-state index in [1.54, 1.807) is 6.33 Å². The van der Waals surface area contributed by atoms with Gasteiger partial charge in [-0.1, -0.05) is 12.1 Å². The molecule has 0 unspecified atom stereocenters. The van der Waals surface area contributed by atoms with E-state index in [0.717, 1.165) is 44.3 Å². The van der Waals surface area contributed by atoms with E-state index in [0.29, 0.717) is 12.2 Å². The van der Waals surface area contributed by atoms with Crippen LogP contribution in [0.15, 0.2) is 47.3 Å². The molecule has 5 atom stereocenters. The van der Waals surface area contributed by atoms with E-state index in [4.69, 9.17) is 5.73 Å². The molecule has 4 heterocycles. The summed E-state index contributed by atoms with van der Waals surface area (Å²) in [5.74, 6) is 1.28. The van der Waals surface area contributed by atoms with Gasteiger partial charge in [-0.3, -0.25) is 0 Å². The van der Waals surface area contributed by atoms with Crippen LogP contribution in [0.3, 0.4) is 0 Å². The van der Waals surface area contributed by atoms with Crippen LogP contribution in [0.25, 0.3) is 21.9 Å². The second kappa shape index (κ2) is 7.66. The number of anilines is 1. The van der Waals surface area contributed by atoms with Gasteiger partial charge in [0.15, 0.2) is 0 Å². The van der Waals surface area contributed by atoms with Gasteiger partial charge >= 0.3 is 0 Å². The minimum Gasteiger partial charge on any atom is -0.390 e. The maximum Gasteiger partial charge on any atom is 0.143 e. The van der Waals surface area contributed by atoms with Crippen molar-refractivity contribution in [3.05, 3.63) is 58.6 Å². The Bertz CT molecular complexity index is 1390. The number of aryl methyl sites for hydroxylation is 1. The SMILES string of the molecule is Cc1ncnc2c1ccn2[C@@H]1C[C@@]2(CS[C@@H](c3ccc4cc(Br)c(N)nc4c3)C2)[C@@H](O)[C@H]1O. The van der Waals surface area contributed by atoms with E-state index in [9.17, 15) is 10.2 Å². The predicted octanol–water partition coefficient (Wildman–Crippen LogP) is 4.16.